The van der Waals surface area contributed by atoms with Gasteiger partial charge in [0, 0.05) is 31.3 Å². The molecular weight excluding hydrogens is 202 g/mol. The largest absolute Gasteiger partial charge is 0.383 e. The first-order chi connectivity index (χ1) is 7.54. The second-order valence-corrected chi connectivity index (χ2v) is 4.42. The monoisotopic (exact) mass is 225 g/mol. The third-order valence-corrected chi connectivity index (χ3v) is 2.95. The fourth-order valence-corrected chi connectivity index (χ4v) is 1.94. The zero-order chi connectivity index (χ0) is 12.2. The first-order valence-corrected chi connectivity index (χ1v) is 5.85. The summed E-state index contributed by atoms with van der Waals surface area (Å²) >= 11 is 0. The lowest BCUT2D eigenvalue weighted by Crippen LogP contribution is -2.46. The molecule has 0 fully saturated rings. The van der Waals surface area contributed by atoms with E-state index in [1.165, 1.54) is 5.69 Å². The molecule has 16 heavy (non-hydrogen) atoms. The lowest BCUT2D eigenvalue weighted by Gasteiger charge is -2.27. The number of nitrogens with zero attached hydrogens (tertiary/aromatic N) is 2. The van der Waals surface area contributed by atoms with Crippen LogP contribution in [0.5, 0.6) is 0 Å². The van der Waals surface area contributed by atoms with Gasteiger partial charge >= 0.3 is 0 Å². The van der Waals surface area contributed by atoms with Crippen molar-refractivity contribution in [1.29, 1.82) is 0 Å². The number of rotatable bonds is 6. The van der Waals surface area contributed by atoms with Crippen molar-refractivity contribution in [3.63, 3.8) is 0 Å². The molecule has 0 spiro atoms. The molecule has 4 nitrogen and oxygen atoms in total. The van der Waals surface area contributed by atoms with Crippen molar-refractivity contribution >= 4 is 0 Å². The normalized spacial score (nSPS) is 15.1. The predicted molar refractivity (Wildman–Crippen MR) is 65.4 cm³/mol. The van der Waals surface area contributed by atoms with E-state index in [9.17, 15) is 0 Å². The Bertz CT molecular complexity index is 335. The molecule has 0 aromatic carbocycles. The van der Waals surface area contributed by atoms with Gasteiger partial charge in [0.15, 0.2) is 0 Å². The molecule has 0 saturated heterocycles. The summed E-state index contributed by atoms with van der Waals surface area (Å²) in [7, 11) is 1.69. The molecule has 1 rings (SSSR count). The van der Waals surface area contributed by atoms with Crippen molar-refractivity contribution in [2.24, 2.45) is 5.73 Å². The zero-order valence-electron chi connectivity index (χ0n) is 10.8. The van der Waals surface area contributed by atoms with E-state index in [4.69, 9.17) is 10.5 Å². The van der Waals surface area contributed by atoms with Crippen molar-refractivity contribution in [2.45, 2.75) is 45.7 Å². The van der Waals surface area contributed by atoms with Gasteiger partial charge in [-0.15, -0.1) is 0 Å². The number of methoxy groups -OCH3 is 1. The summed E-state index contributed by atoms with van der Waals surface area (Å²) in [5.74, 6) is 0. The third-order valence-electron chi connectivity index (χ3n) is 2.95. The Morgan fingerprint density at radius 3 is 2.69 bits per heavy atom. The number of ether oxygens (including phenoxy) is 1. The van der Waals surface area contributed by atoms with Crippen molar-refractivity contribution in [3.8, 4) is 0 Å². The Balaban J connectivity index is 2.84. The zero-order valence-corrected chi connectivity index (χ0v) is 10.8. The van der Waals surface area contributed by atoms with E-state index in [2.05, 4.69) is 25.0 Å². The Kier molecular flexibility index (Phi) is 4.50. The minimum Gasteiger partial charge on any atom is -0.383 e. The average Bonchev–Trinajstić information content (AvgIpc) is 2.59. The van der Waals surface area contributed by atoms with Gasteiger partial charge in [-0.3, -0.25) is 4.68 Å². The molecule has 0 saturated carbocycles. The molecule has 1 aromatic rings. The lowest BCUT2D eigenvalue weighted by atomic mass is 9.92. The van der Waals surface area contributed by atoms with Gasteiger partial charge in [0.05, 0.1) is 12.3 Å². The van der Waals surface area contributed by atoms with Crippen LogP contribution >= 0.6 is 0 Å². The van der Waals surface area contributed by atoms with Crippen molar-refractivity contribution < 1.29 is 4.74 Å². The summed E-state index contributed by atoms with van der Waals surface area (Å²) in [5, 5.41) is 4.43. The SMILES string of the molecule is CCn1nc(C)cc1CC(N)(CC)COC. The highest BCUT2D eigenvalue weighted by Gasteiger charge is 2.25. The van der Waals surface area contributed by atoms with Crippen molar-refractivity contribution in [1.82, 2.24) is 9.78 Å². The molecule has 0 radical (unpaired) electrons. The van der Waals surface area contributed by atoms with E-state index in [-0.39, 0.29) is 5.54 Å². The molecule has 0 bridgehead atoms. The molecular formula is C12H23N3O. The standard InChI is InChI=1S/C12H23N3O/c1-5-12(13,9-16-4)8-11-7-10(3)14-15(11)6-2/h7H,5-6,8-9,13H2,1-4H3. The van der Waals surface area contributed by atoms with Crippen LogP contribution in [0.2, 0.25) is 0 Å². The molecule has 0 amide bonds. The molecule has 0 aliphatic heterocycles. The average molecular weight is 225 g/mol. The summed E-state index contributed by atoms with van der Waals surface area (Å²) in [4.78, 5) is 0. The maximum absolute atomic E-state index is 6.31. The van der Waals surface area contributed by atoms with Gasteiger partial charge in [0.1, 0.15) is 0 Å². The maximum atomic E-state index is 6.31. The quantitative estimate of drug-likeness (QED) is 0.798. The fraction of sp³-hybridized carbons (Fsp3) is 0.750. The summed E-state index contributed by atoms with van der Waals surface area (Å²) < 4.78 is 7.21. The van der Waals surface area contributed by atoms with Crippen LogP contribution in [-0.4, -0.2) is 29.0 Å². The maximum Gasteiger partial charge on any atom is 0.0646 e. The molecule has 1 heterocycles. The smallest absolute Gasteiger partial charge is 0.0646 e. The highest BCUT2D eigenvalue weighted by atomic mass is 16.5. The molecule has 0 aliphatic carbocycles. The fourth-order valence-electron chi connectivity index (χ4n) is 1.94. The Labute approximate surface area is 97.8 Å². The van der Waals surface area contributed by atoms with E-state index in [1.807, 2.05) is 11.6 Å². The van der Waals surface area contributed by atoms with Gasteiger partial charge in [-0.1, -0.05) is 6.92 Å². The molecule has 0 aliphatic rings. The number of aryl methyl sites for hydroxylation is 2. The van der Waals surface area contributed by atoms with Crippen LogP contribution in [0.15, 0.2) is 6.07 Å². The summed E-state index contributed by atoms with van der Waals surface area (Å²) in [6.45, 7) is 7.67. The second-order valence-electron chi connectivity index (χ2n) is 4.42. The van der Waals surface area contributed by atoms with Crippen LogP contribution in [0.1, 0.15) is 31.7 Å². The lowest BCUT2D eigenvalue weighted by molar-refractivity contribution is 0.128. The molecule has 1 aromatic heterocycles. The molecule has 4 heteroatoms. The van der Waals surface area contributed by atoms with Gasteiger partial charge in [-0.05, 0) is 26.3 Å². The van der Waals surface area contributed by atoms with Crippen LogP contribution in [0.4, 0.5) is 0 Å². The highest BCUT2D eigenvalue weighted by Crippen LogP contribution is 2.16. The van der Waals surface area contributed by atoms with Gasteiger partial charge in [-0.25, -0.2) is 0 Å². The van der Waals surface area contributed by atoms with Gasteiger partial charge < -0.3 is 10.5 Å². The van der Waals surface area contributed by atoms with Gasteiger partial charge in [0.2, 0.25) is 0 Å². The first kappa shape index (κ1) is 13.2. The minimum atomic E-state index is -0.284. The van der Waals surface area contributed by atoms with E-state index < -0.39 is 0 Å². The topological polar surface area (TPSA) is 53.1 Å². The number of hydrogen-bond acceptors (Lipinski definition) is 3. The van der Waals surface area contributed by atoms with Crippen LogP contribution in [0, 0.1) is 6.92 Å². The predicted octanol–water partition coefficient (Wildman–Crippen LogP) is 1.51. The van der Waals surface area contributed by atoms with E-state index in [1.54, 1.807) is 7.11 Å². The van der Waals surface area contributed by atoms with Crippen LogP contribution < -0.4 is 5.73 Å². The van der Waals surface area contributed by atoms with Crippen molar-refractivity contribution in [3.05, 3.63) is 17.5 Å². The Hall–Kier alpha value is -0.870. The molecule has 1 atom stereocenters. The second kappa shape index (κ2) is 5.46. The molecule has 92 valence electrons. The van der Waals surface area contributed by atoms with Gasteiger partial charge in [0.25, 0.3) is 0 Å². The van der Waals surface area contributed by atoms with E-state index in [0.29, 0.717) is 6.61 Å². The van der Waals surface area contributed by atoms with Crippen LogP contribution in [0.3, 0.4) is 0 Å². The highest BCUT2D eigenvalue weighted by molar-refractivity contribution is 5.12. The summed E-state index contributed by atoms with van der Waals surface area (Å²) in [5.41, 5.74) is 8.27. The van der Waals surface area contributed by atoms with Crippen LogP contribution in [0.25, 0.3) is 0 Å². The third kappa shape index (κ3) is 3.06. The number of hydrogen-bond donors (Lipinski definition) is 1. The Morgan fingerprint density at radius 1 is 1.50 bits per heavy atom. The molecule has 2 N–H and O–H groups in total. The summed E-state index contributed by atoms with van der Waals surface area (Å²) in [6.07, 6.45) is 1.71. The van der Waals surface area contributed by atoms with Gasteiger partial charge in [-0.2, -0.15) is 5.10 Å². The number of aromatic nitrogens is 2. The Morgan fingerprint density at radius 2 is 2.19 bits per heavy atom. The molecule has 1 unspecified atom stereocenters. The number of nitrogens with two attached hydrogens (primary N) is 1. The van der Waals surface area contributed by atoms with Crippen molar-refractivity contribution in [2.75, 3.05) is 13.7 Å². The first-order valence-electron chi connectivity index (χ1n) is 5.85. The van der Waals surface area contributed by atoms with E-state index in [0.717, 1.165) is 25.1 Å². The summed E-state index contributed by atoms with van der Waals surface area (Å²) in [6, 6.07) is 2.11. The van der Waals surface area contributed by atoms with Crippen LogP contribution in [-0.2, 0) is 17.7 Å². The minimum absolute atomic E-state index is 0.284. The van der Waals surface area contributed by atoms with E-state index >= 15 is 0 Å².